The molecule has 0 spiro atoms. The number of hydrogen-bond donors (Lipinski definition) is 3. The molecule has 0 saturated heterocycles. The lowest BCUT2D eigenvalue weighted by molar-refractivity contribution is 0.613. The van der Waals surface area contributed by atoms with Gasteiger partial charge in [0.25, 0.3) is 0 Å². The van der Waals surface area contributed by atoms with Gasteiger partial charge in [0.1, 0.15) is 0 Å². The predicted octanol–water partition coefficient (Wildman–Crippen LogP) is 3.34. The Balaban J connectivity index is 3.05. The molecule has 0 amide bonds. The van der Waals surface area contributed by atoms with Crippen LogP contribution < -0.4 is 5.32 Å². The van der Waals surface area contributed by atoms with Crippen molar-refractivity contribution in [1.82, 2.24) is 5.32 Å². The van der Waals surface area contributed by atoms with Gasteiger partial charge in [-0.3, -0.25) is 5.41 Å². The van der Waals surface area contributed by atoms with Crippen LogP contribution in [0.3, 0.4) is 0 Å². The molecule has 0 unspecified atom stereocenters. The van der Waals surface area contributed by atoms with Gasteiger partial charge in [0, 0.05) is 12.3 Å². The minimum absolute atomic E-state index is 0.561. The Bertz CT molecular complexity index is 187. The average Bonchev–Trinajstić information content (AvgIpc) is 2.21. The van der Waals surface area contributed by atoms with Gasteiger partial charge in [-0.1, -0.05) is 26.2 Å². The van der Waals surface area contributed by atoms with Gasteiger partial charge in [0.05, 0.1) is 5.84 Å². The Kier molecular flexibility index (Phi) is 9.13. The van der Waals surface area contributed by atoms with Crippen molar-refractivity contribution in [2.45, 2.75) is 58.8 Å². The molecule has 0 aliphatic heterocycles. The second kappa shape index (κ2) is 9.69. The molecule has 3 N–H and O–H groups in total. The fourth-order valence-electron chi connectivity index (χ4n) is 1.45. The number of nitrogens with one attached hydrogen (secondary N) is 3. The first kappa shape index (κ1) is 14.1. The quantitative estimate of drug-likeness (QED) is 0.306. The summed E-state index contributed by atoms with van der Waals surface area (Å²) in [6.07, 6.45) is 7.95. The Morgan fingerprint density at radius 2 is 1.60 bits per heavy atom. The molecule has 0 saturated carbocycles. The van der Waals surface area contributed by atoms with Gasteiger partial charge in [0.15, 0.2) is 0 Å². The van der Waals surface area contributed by atoms with Crippen LogP contribution in [-0.4, -0.2) is 18.1 Å². The van der Waals surface area contributed by atoms with Gasteiger partial charge in [-0.2, -0.15) is 0 Å². The van der Waals surface area contributed by atoms with E-state index in [0.717, 1.165) is 31.5 Å². The van der Waals surface area contributed by atoms with Crippen LogP contribution in [0.4, 0.5) is 0 Å². The minimum Gasteiger partial charge on any atom is -0.374 e. The number of amidine groups is 1. The molecule has 0 rings (SSSR count). The molecule has 0 atom stereocenters. The van der Waals surface area contributed by atoms with Crippen LogP contribution in [0.5, 0.6) is 0 Å². The van der Waals surface area contributed by atoms with Crippen LogP contribution in [0.15, 0.2) is 0 Å². The molecule has 0 aromatic heterocycles. The zero-order valence-electron chi connectivity index (χ0n) is 10.2. The van der Waals surface area contributed by atoms with E-state index < -0.39 is 0 Å². The summed E-state index contributed by atoms with van der Waals surface area (Å²) in [4.78, 5) is 0. The summed E-state index contributed by atoms with van der Waals surface area (Å²) >= 11 is 0. The summed E-state index contributed by atoms with van der Waals surface area (Å²) in [5.74, 6) is 0.561. The average molecular weight is 211 g/mol. The molecule has 88 valence electrons. The van der Waals surface area contributed by atoms with Gasteiger partial charge in [-0.05, 0) is 32.6 Å². The molecule has 0 aliphatic rings. The summed E-state index contributed by atoms with van der Waals surface area (Å²) in [5, 5.41) is 17.7. The second-order valence-corrected chi connectivity index (χ2v) is 4.03. The third-order valence-corrected chi connectivity index (χ3v) is 2.47. The molecular weight excluding hydrogens is 186 g/mol. The molecule has 0 radical (unpaired) electrons. The van der Waals surface area contributed by atoms with Crippen LogP contribution >= 0.6 is 0 Å². The van der Waals surface area contributed by atoms with E-state index in [1.807, 2.05) is 6.92 Å². The Morgan fingerprint density at radius 3 is 2.20 bits per heavy atom. The molecule has 0 fully saturated rings. The fraction of sp³-hybridized carbons (Fsp3) is 0.833. The van der Waals surface area contributed by atoms with Crippen molar-refractivity contribution in [3.05, 3.63) is 0 Å². The Hall–Kier alpha value is -0.860. The Morgan fingerprint density at radius 1 is 1.00 bits per heavy atom. The van der Waals surface area contributed by atoms with Gasteiger partial charge in [0.2, 0.25) is 0 Å². The van der Waals surface area contributed by atoms with Crippen molar-refractivity contribution in [2.75, 3.05) is 6.54 Å². The van der Waals surface area contributed by atoms with Crippen LogP contribution in [0.1, 0.15) is 58.8 Å². The van der Waals surface area contributed by atoms with Gasteiger partial charge in [-0.15, -0.1) is 0 Å². The highest BCUT2D eigenvalue weighted by atomic mass is 14.9. The Labute approximate surface area is 93.7 Å². The summed E-state index contributed by atoms with van der Waals surface area (Å²) in [6.45, 7) is 4.75. The highest BCUT2D eigenvalue weighted by molar-refractivity contribution is 5.80. The number of unbranched alkanes of at least 4 members (excludes halogenated alkanes) is 4. The monoisotopic (exact) mass is 211 g/mol. The molecular formula is C12H25N3. The van der Waals surface area contributed by atoms with Gasteiger partial charge >= 0.3 is 0 Å². The van der Waals surface area contributed by atoms with E-state index in [9.17, 15) is 0 Å². The van der Waals surface area contributed by atoms with Crippen LogP contribution in [0.2, 0.25) is 0 Å². The van der Waals surface area contributed by atoms with Crippen molar-refractivity contribution in [3.8, 4) is 0 Å². The molecule has 0 heterocycles. The summed E-state index contributed by atoms with van der Waals surface area (Å²) in [7, 11) is 0. The number of hydrogen-bond acceptors (Lipinski definition) is 2. The molecule has 0 aliphatic carbocycles. The van der Waals surface area contributed by atoms with E-state index in [1.165, 1.54) is 25.7 Å². The maximum absolute atomic E-state index is 7.50. The smallest absolute Gasteiger partial charge is 0.0899 e. The topological polar surface area (TPSA) is 59.7 Å². The minimum atomic E-state index is 0.561. The fourth-order valence-corrected chi connectivity index (χ4v) is 1.45. The van der Waals surface area contributed by atoms with Crippen LogP contribution in [0, 0.1) is 10.8 Å². The van der Waals surface area contributed by atoms with E-state index in [0.29, 0.717) is 5.84 Å². The molecule has 3 heteroatoms. The van der Waals surface area contributed by atoms with E-state index >= 15 is 0 Å². The zero-order chi connectivity index (χ0) is 11.5. The normalized spacial score (nSPS) is 10.0. The largest absolute Gasteiger partial charge is 0.374 e. The molecule has 0 aromatic rings. The van der Waals surface area contributed by atoms with Crippen molar-refractivity contribution in [3.63, 3.8) is 0 Å². The first-order chi connectivity index (χ1) is 7.16. The third kappa shape index (κ3) is 11.1. The first-order valence-corrected chi connectivity index (χ1v) is 6.02. The lowest BCUT2D eigenvalue weighted by atomic mass is 10.1. The molecule has 0 aromatic carbocycles. The number of rotatable bonds is 9. The van der Waals surface area contributed by atoms with E-state index in [2.05, 4.69) is 5.32 Å². The first-order valence-electron chi connectivity index (χ1n) is 6.02. The summed E-state index contributed by atoms with van der Waals surface area (Å²) in [6, 6.07) is 0. The maximum atomic E-state index is 7.50. The van der Waals surface area contributed by atoms with Gasteiger partial charge < -0.3 is 10.7 Å². The SMILES string of the molecule is CCC(=N)CCCCCCCNC(C)=N. The van der Waals surface area contributed by atoms with Crippen molar-refractivity contribution in [1.29, 1.82) is 10.8 Å². The zero-order valence-corrected chi connectivity index (χ0v) is 10.2. The van der Waals surface area contributed by atoms with Gasteiger partial charge in [-0.25, -0.2) is 0 Å². The van der Waals surface area contributed by atoms with E-state index in [-0.39, 0.29) is 0 Å². The van der Waals surface area contributed by atoms with E-state index in [4.69, 9.17) is 10.8 Å². The standard InChI is InChI=1S/C12H25N3/c1-3-12(14)9-7-5-4-6-8-10-15-11(2)13/h14H,3-10H2,1-2H3,(H2,13,15). The molecule has 0 bridgehead atoms. The van der Waals surface area contributed by atoms with Crippen LogP contribution in [-0.2, 0) is 0 Å². The summed E-state index contributed by atoms with van der Waals surface area (Å²) in [5.41, 5.74) is 0.885. The maximum Gasteiger partial charge on any atom is 0.0899 e. The van der Waals surface area contributed by atoms with Crippen molar-refractivity contribution in [2.24, 2.45) is 0 Å². The van der Waals surface area contributed by atoms with Crippen LogP contribution in [0.25, 0.3) is 0 Å². The predicted molar refractivity (Wildman–Crippen MR) is 67.1 cm³/mol. The van der Waals surface area contributed by atoms with E-state index in [1.54, 1.807) is 6.92 Å². The molecule has 3 nitrogen and oxygen atoms in total. The summed E-state index contributed by atoms with van der Waals surface area (Å²) < 4.78 is 0. The lowest BCUT2D eigenvalue weighted by Crippen LogP contribution is -2.20. The lowest BCUT2D eigenvalue weighted by Gasteiger charge is -2.04. The highest BCUT2D eigenvalue weighted by Crippen LogP contribution is 2.06. The van der Waals surface area contributed by atoms with Crippen molar-refractivity contribution < 1.29 is 0 Å². The molecule has 15 heavy (non-hydrogen) atoms. The third-order valence-electron chi connectivity index (χ3n) is 2.47. The second-order valence-electron chi connectivity index (χ2n) is 4.03. The van der Waals surface area contributed by atoms with Crippen molar-refractivity contribution >= 4 is 11.5 Å². The highest BCUT2D eigenvalue weighted by Gasteiger charge is 1.94.